The summed E-state index contributed by atoms with van der Waals surface area (Å²) in [7, 11) is 0. The van der Waals surface area contributed by atoms with Gasteiger partial charge in [0, 0.05) is 0 Å². The van der Waals surface area contributed by atoms with Gasteiger partial charge in [-0.15, -0.1) is 0 Å². The highest BCUT2D eigenvalue weighted by atomic mass is 14.6. The lowest BCUT2D eigenvalue weighted by molar-refractivity contribution is 0.570. The molecule has 2 aliphatic rings. The maximum absolute atomic E-state index is 2.44. The molecule has 0 unspecified atom stereocenters. The number of allylic oxidation sites excluding steroid dienone is 2. The molecule has 2 saturated carbocycles. The van der Waals surface area contributed by atoms with Gasteiger partial charge in [0.2, 0.25) is 0 Å². The summed E-state index contributed by atoms with van der Waals surface area (Å²) in [4.78, 5) is 0. The van der Waals surface area contributed by atoms with Gasteiger partial charge in [-0.25, -0.2) is 0 Å². The molecule has 0 amide bonds. The summed E-state index contributed by atoms with van der Waals surface area (Å²) in [5.74, 6) is 0.998. The van der Waals surface area contributed by atoms with Crippen molar-refractivity contribution in [2.45, 2.75) is 40.0 Å². The summed E-state index contributed by atoms with van der Waals surface area (Å²) in [6.45, 7) is 6.96. The Morgan fingerprint density at radius 1 is 1.50 bits per heavy atom. The van der Waals surface area contributed by atoms with Crippen molar-refractivity contribution in [1.29, 1.82) is 0 Å². The van der Waals surface area contributed by atoms with Crippen LogP contribution in [-0.4, -0.2) is 0 Å². The summed E-state index contributed by atoms with van der Waals surface area (Å²) in [5.41, 5.74) is 4.06. The molecule has 0 aromatic heterocycles. The van der Waals surface area contributed by atoms with Gasteiger partial charge in [-0.05, 0) is 38.0 Å². The quantitative estimate of drug-likeness (QED) is 0.449. The van der Waals surface area contributed by atoms with Crippen molar-refractivity contribution in [2.75, 3.05) is 0 Å². The highest BCUT2D eigenvalue weighted by molar-refractivity contribution is 5.41. The lowest BCUT2D eigenvalue weighted by Gasteiger charge is -2.01. The molecule has 0 heteroatoms. The fourth-order valence-corrected chi connectivity index (χ4v) is 2.93. The molecule has 0 aromatic rings. The smallest absolute Gasteiger partial charge is 0.00451 e. The van der Waals surface area contributed by atoms with Crippen LogP contribution in [0.1, 0.15) is 40.0 Å². The molecular weight excluding hydrogens is 120 g/mol. The zero-order chi connectivity index (χ0) is 7.35. The average Bonchev–Trinajstić information content (AvgIpc) is 2.22. The van der Waals surface area contributed by atoms with Crippen molar-refractivity contribution in [1.82, 2.24) is 0 Å². The van der Waals surface area contributed by atoms with Gasteiger partial charge in [-0.3, -0.25) is 0 Å². The van der Waals surface area contributed by atoms with Gasteiger partial charge < -0.3 is 0 Å². The molecule has 0 radical (unpaired) electrons. The van der Waals surface area contributed by atoms with E-state index < -0.39 is 0 Å². The lowest BCUT2D eigenvalue weighted by atomic mass is 10.0. The minimum atomic E-state index is 0.679. The van der Waals surface area contributed by atoms with E-state index in [0.717, 1.165) is 5.92 Å². The molecule has 0 N–H and O–H groups in total. The van der Waals surface area contributed by atoms with Crippen molar-refractivity contribution < 1.29 is 0 Å². The van der Waals surface area contributed by atoms with Crippen LogP contribution in [0.5, 0.6) is 0 Å². The lowest BCUT2D eigenvalue weighted by Crippen LogP contribution is -1.89. The highest BCUT2D eigenvalue weighted by Crippen LogP contribution is 2.68. The zero-order valence-corrected chi connectivity index (χ0v) is 7.20. The standard InChI is InChI=1S/C10H16/c1-7(2)9-8-5-4-6-10(8,9)3/h8H,4-6H2,1-3H3/t8-,10-/m1/s1. The first-order valence-electron chi connectivity index (χ1n) is 4.34. The normalized spacial score (nSPS) is 43.5. The van der Waals surface area contributed by atoms with Crippen molar-refractivity contribution in [3.63, 3.8) is 0 Å². The zero-order valence-electron chi connectivity index (χ0n) is 7.20. The molecule has 0 bridgehead atoms. The van der Waals surface area contributed by atoms with Crippen LogP contribution in [0.15, 0.2) is 11.1 Å². The minimum absolute atomic E-state index is 0.679. The predicted molar refractivity (Wildman–Crippen MR) is 43.8 cm³/mol. The molecule has 0 heterocycles. The van der Waals surface area contributed by atoms with E-state index in [0.29, 0.717) is 5.41 Å². The summed E-state index contributed by atoms with van der Waals surface area (Å²) in [6, 6.07) is 0. The van der Waals surface area contributed by atoms with Gasteiger partial charge in [0.05, 0.1) is 0 Å². The van der Waals surface area contributed by atoms with Crippen LogP contribution in [0.25, 0.3) is 0 Å². The van der Waals surface area contributed by atoms with E-state index in [1.807, 2.05) is 0 Å². The van der Waals surface area contributed by atoms with Gasteiger partial charge >= 0.3 is 0 Å². The Labute approximate surface area is 63.3 Å². The number of fused-ring (bicyclic) bond motifs is 1. The van der Waals surface area contributed by atoms with E-state index in [-0.39, 0.29) is 0 Å². The molecule has 2 atom stereocenters. The number of hydrogen-bond donors (Lipinski definition) is 0. The average molecular weight is 136 g/mol. The third-order valence-electron chi connectivity index (χ3n) is 3.38. The Morgan fingerprint density at radius 3 is 2.50 bits per heavy atom. The van der Waals surface area contributed by atoms with Crippen LogP contribution in [0.2, 0.25) is 0 Å². The Hall–Kier alpha value is -0.260. The molecule has 0 aromatic carbocycles. The van der Waals surface area contributed by atoms with Gasteiger partial charge in [0.25, 0.3) is 0 Å². The van der Waals surface area contributed by atoms with E-state index in [4.69, 9.17) is 0 Å². The third kappa shape index (κ3) is 0.574. The first-order chi connectivity index (χ1) is 4.66. The van der Waals surface area contributed by atoms with E-state index in [1.54, 1.807) is 11.1 Å². The second-order valence-corrected chi connectivity index (χ2v) is 4.28. The van der Waals surface area contributed by atoms with Crippen LogP contribution >= 0.6 is 0 Å². The van der Waals surface area contributed by atoms with E-state index in [9.17, 15) is 0 Å². The molecule has 10 heavy (non-hydrogen) atoms. The second kappa shape index (κ2) is 1.66. The Balaban J connectivity index is 2.30. The van der Waals surface area contributed by atoms with Gasteiger partial charge in [0.1, 0.15) is 0 Å². The summed E-state index contributed by atoms with van der Waals surface area (Å²) < 4.78 is 0. The Morgan fingerprint density at radius 2 is 2.20 bits per heavy atom. The summed E-state index contributed by atoms with van der Waals surface area (Å²) in [5, 5.41) is 0. The summed E-state index contributed by atoms with van der Waals surface area (Å²) >= 11 is 0. The molecule has 0 aliphatic heterocycles. The van der Waals surface area contributed by atoms with Gasteiger partial charge in [0.15, 0.2) is 0 Å². The minimum Gasteiger partial charge on any atom is -0.0763 e. The van der Waals surface area contributed by atoms with Crippen LogP contribution in [0, 0.1) is 11.3 Å². The van der Waals surface area contributed by atoms with Crippen molar-refractivity contribution >= 4 is 0 Å². The molecule has 0 saturated heterocycles. The molecule has 2 fully saturated rings. The van der Waals surface area contributed by atoms with Gasteiger partial charge in [-0.2, -0.15) is 0 Å². The molecule has 2 rings (SSSR count). The second-order valence-electron chi connectivity index (χ2n) is 4.28. The molecule has 0 spiro atoms. The molecule has 56 valence electrons. The fraction of sp³-hybridized carbons (Fsp3) is 0.800. The third-order valence-corrected chi connectivity index (χ3v) is 3.38. The van der Waals surface area contributed by atoms with Crippen LogP contribution < -0.4 is 0 Å². The van der Waals surface area contributed by atoms with E-state index in [1.165, 1.54) is 19.3 Å². The van der Waals surface area contributed by atoms with Crippen molar-refractivity contribution in [2.24, 2.45) is 11.3 Å². The van der Waals surface area contributed by atoms with Crippen molar-refractivity contribution in [3.8, 4) is 0 Å². The molecule has 0 nitrogen and oxygen atoms in total. The topological polar surface area (TPSA) is 0 Å². The SMILES string of the molecule is CC(C)=C1[C@H]2CCC[C@@]12C. The summed E-state index contributed by atoms with van der Waals surface area (Å²) in [6.07, 6.45) is 4.40. The monoisotopic (exact) mass is 136 g/mol. The van der Waals surface area contributed by atoms with E-state index >= 15 is 0 Å². The predicted octanol–water partition coefficient (Wildman–Crippen LogP) is 3.14. The van der Waals surface area contributed by atoms with Crippen LogP contribution in [0.4, 0.5) is 0 Å². The van der Waals surface area contributed by atoms with Crippen LogP contribution in [-0.2, 0) is 0 Å². The van der Waals surface area contributed by atoms with E-state index in [2.05, 4.69) is 20.8 Å². The van der Waals surface area contributed by atoms with Gasteiger partial charge in [-0.1, -0.05) is 24.5 Å². The maximum atomic E-state index is 2.44. The fourth-order valence-electron chi connectivity index (χ4n) is 2.93. The Bertz CT molecular complexity index is 196. The van der Waals surface area contributed by atoms with Crippen LogP contribution in [0.3, 0.4) is 0 Å². The number of rotatable bonds is 0. The molecule has 2 aliphatic carbocycles. The van der Waals surface area contributed by atoms with Crippen molar-refractivity contribution in [3.05, 3.63) is 11.1 Å². The first-order valence-corrected chi connectivity index (χ1v) is 4.34. The Kier molecular flexibility index (Phi) is 1.07. The maximum Gasteiger partial charge on any atom is -0.00451 e. The number of hydrogen-bond acceptors (Lipinski definition) is 0. The largest absolute Gasteiger partial charge is 0.0763 e. The molecular formula is C10H16. The first kappa shape index (κ1) is 6.45. The highest BCUT2D eigenvalue weighted by Gasteiger charge is 2.58.